The molecular weight excluding hydrogens is 212 g/mol. The van der Waals surface area contributed by atoms with Gasteiger partial charge in [-0.25, -0.2) is 0 Å². The minimum atomic E-state index is -1.21. The van der Waals surface area contributed by atoms with Crippen molar-refractivity contribution < 1.29 is 24.8 Å². The maximum absolute atomic E-state index is 9.62. The lowest BCUT2D eigenvalue weighted by Gasteiger charge is -2.38. The van der Waals surface area contributed by atoms with E-state index in [1.807, 2.05) is 0 Å². The Kier molecular flexibility index (Phi) is 5.64. The van der Waals surface area contributed by atoms with Gasteiger partial charge in [0.25, 0.3) is 0 Å². The van der Waals surface area contributed by atoms with Gasteiger partial charge in [0.2, 0.25) is 0 Å². The molecule has 1 fully saturated rings. The lowest BCUT2D eigenvalue weighted by atomic mass is 10.0. The summed E-state index contributed by atoms with van der Waals surface area (Å²) in [6, 6.07) is 0. The van der Waals surface area contributed by atoms with Crippen LogP contribution >= 0.6 is 0 Å². The summed E-state index contributed by atoms with van der Waals surface area (Å²) >= 11 is 0. The van der Waals surface area contributed by atoms with Crippen LogP contribution in [0.2, 0.25) is 0 Å². The van der Waals surface area contributed by atoms with Gasteiger partial charge in [0, 0.05) is 6.61 Å². The fourth-order valence-corrected chi connectivity index (χ4v) is 1.70. The molecule has 16 heavy (non-hydrogen) atoms. The molecular formula is C11H22O5. The Morgan fingerprint density at radius 2 is 1.75 bits per heavy atom. The molecule has 0 bridgehead atoms. The minimum Gasteiger partial charge on any atom is -0.388 e. The molecule has 1 saturated heterocycles. The molecule has 0 radical (unpaired) electrons. The normalized spacial score (nSPS) is 39.9. The molecule has 0 saturated carbocycles. The van der Waals surface area contributed by atoms with Gasteiger partial charge >= 0.3 is 0 Å². The zero-order chi connectivity index (χ0) is 12.1. The average molecular weight is 234 g/mol. The Morgan fingerprint density at radius 1 is 1.06 bits per heavy atom. The molecule has 0 aromatic rings. The average Bonchev–Trinajstić information content (AvgIpc) is 2.28. The number of hydrogen-bond acceptors (Lipinski definition) is 5. The van der Waals surface area contributed by atoms with Crippen molar-refractivity contribution in [3.63, 3.8) is 0 Å². The topological polar surface area (TPSA) is 79.2 Å². The Labute approximate surface area is 96.0 Å². The van der Waals surface area contributed by atoms with E-state index in [1.54, 1.807) is 6.92 Å². The summed E-state index contributed by atoms with van der Waals surface area (Å²) in [5.74, 6) is 0. The van der Waals surface area contributed by atoms with Crippen LogP contribution in [-0.2, 0) is 9.47 Å². The lowest BCUT2D eigenvalue weighted by molar-refractivity contribution is -0.293. The molecule has 0 aromatic carbocycles. The van der Waals surface area contributed by atoms with Gasteiger partial charge in [-0.05, 0) is 13.3 Å². The fraction of sp³-hybridized carbons (Fsp3) is 1.00. The molecule has 5 heteroatoms. The molecule has 0 unspecified atom stereocenters. The summed E-state index contributed by atoms with van der Waals surface area (Å²) in [7, 11) is 0. The van der Waals surface area contributed by atoms with E-state index in [0.717, 1.165) is 19.3 Å². The van der Waals surface area contributed by atoms with Gasteiger partial charge in [-0.2, -0.15) is 0 Å². The zero-order valence-corrected chi connectivity index (χ0v) is 9.87. The number of aliphatic hydroxyl groups is 3. The number of rotatable bonds is 5. The SMILES string of the molecule is CCCCCO[C@@H]1O[C@@H](C)[C@H](O)[C@@H](O)[C@H]1O. The van der Waals surface area contributed by atoms with E-state index >= 15 is 0 Å². The Morgan fingerprint density at radius 3 is 2.38 bits per heavy atom. The molecule has 3 N–H and O–H groups in total. The van der Waals surface area contributed by atoms with E-state index < -0.39 is 30.7 Å². The fourth-order valence-electron chi connectivity index (χ4n) is 1.70. The van der Waals surface area contributed by atoms with Crippen LogP contribution in [0, 0.1) is 0 Å². The largest absolute Gasteiger partial charge is 0.388 e. The molecule has 0 spiro atoms. The number of aliphatic hydroxyl groups excluding tert-OH is 3. The Bertz CT molecular complexity index is 199. The molecule has 0 amide bonds. The summed E-state index contributed by atoms with van der Waals surface area (Å²) in [5.41, 5.74) is 0. The van der Waals surface area contributed by atoms with Gasteiger partial charge in [0.15, 0.2) is 6.29 Å². The van der Waals surface area contributed by atoms with Crippen LogP contribution in [0.5, 0.6) is 0 Å². The zero-order valence-electron chi connectivity index (χ0n) is 9.87. The third-order valence-corrected chi connectivity index (χ3v) is 2.84. The maximum Gasteiger partial charge on any atom is 0.186 e. The van der Waals surface area contributed by atoms with E-state index in [0.29, 0.717) is 6.61 Å². The van der Waals surface area contributed by atoms with Gasteiger partial charge in [0.1, 0.15) is 18.3 Å². The molecule has 0 aliphatic carbocycles. The van der Waals surface area contributed by atoms with Gasteiger partial charge in [-0.1, -0.05) is 19.8 Å². The maximum atomic E-state index is 9.62. The van der Waals surface area contributed by atoms with Gasteiger partial charge < -0.3 is 24.8 Å². The number of hydrogen-bond donors (Lipinski definition) is 3. The first-order valence-corrected chi connectivity index (χ1v) is 5.89. The van der Waals surface area contributed by atoms with Crippen LogP contribution in [0.3, 0.4) is 0 Å². The van der Waals surface area contributed by atoms with Crippen molar-refractivity contribution in [3.05, 3.63) is 0 Å². The van der Waals surface area contributed by atoms with Crippen molar-refractivity contribution in [1.82, 2.24) is 0 Å². The highest BCUT2D eigenvalue weighted by Gasteiger charge is 2.42. The van der Waals surface area contributed by atoms with Crippen molar-refractivity contribution >= 4 is 0 Å². The van der Waals surface area contributed by atoms with Crippen molar-refractivity contribution in [2.24, 2.45) is 0 Å². The standard InChI is InChI=1S/C11H22O5/c1-3-4-5-6-15-11-10(14)9(13)8(12)7(2)16-11/h7-14H,3-6H2,1-2H3/t7-,8-,9+,10+,11+/m0/s1. The van der Waals surface area contributed by atoms with Crippen LogP contribution in [0.25, 0.3) is 0 Å². The van der Waals surface area contributed by atoms with Crippen molar-refractivity contribution in [3.8, 4) is 0 Å². The number of unbranched alkanes of at least 4 members (excludes halogenated alkanes) is 2. The van der Waals surface area contributed by atoms with Crippen molar-refractivity contribution in [2.75, 3.05) is 6.61 Å². The van der Waals surface area contributed by atoms with Crippen LogP contribution in [-0.4, -0.2) is 52.6 Å². The summed E-state index contributed by atoms with van der Waals surface area (Å²) < 4.78 is 10.6. The monoisotopic (exact) mass is 234 g/mol. The van der Waals surface area contributed by atoms with E-state index in [1.165, 1.54) is 0 Å². The summed E-state index contributed by atoms with van der Waals surface area (Å²) in [6.07, 6.45) is -1.78. The second kappa shape index (κ2) is 6.51. The predicted molar refractivity (Wildman–Crippen MR) is 57.8 cm³/mol. The highest BCUT2D eigenvalue weighted by atomic mass is 16.7. The molecule has 96 valence electrons. The third-order valence-electron chi connectivity index (χ3n) is 2.84. The highest BCUT2D eigenvalue weighted by Crippen LogP contribution is 2.21. The van der Waals surface area contributed by atoms with Gasteiger partial charge in [-0.15, -0.1) is 0 Å². The minimum absolute atomic E-state index is 0.491. The third kappa shape index (κ3) is 3.40. The molecule has 1 aliphatic rings. The Balaban J connectivity index is 2.35. The van der Waals surface area contributed by atoms with Crippen LogP contribution in [0.1, 0.15) is 33.1 Å². The van der Waals surface area contributed by atoms with Gasteiger partial charge in [0.05, 0.1) is 6.10 Å². The highest BCUT2D eigenvalue weighted by molar-refractivity contribution is 4.87. The molecule has 1 rings (SSSR count). The first-order valence-electron chi connectivity index (χ1n) is 5.89. The Hall–Kier alpha value is -0.200. The second-order valence-electron chi connectivity index (χ2n) is 4.26. The smallest absolute Gasteiger partial charge is 0.186 e. The van der Waals surface area contributed by atoms with Crippen molar-refractivity contribution in [2.45, 2.75) is 63.8 Å². The quantitative estimate of drug-likeness (QED) is 0.584. The second-order valence-corrected chi connectivity index (χ2v) is 4.26. The summed E-state index contributed by atoms with van der Waals surface area (Å²) in [6.45, 7) is 4.22. The van der Waals surface area contributed by atoms with Crippen LogP contribution in [0.15, 0.2) is 0 Å². The van der Waals surface area contributed by atoms with E-state index in [2.05, 4.69) is 6.92 Å². The van der Waals surface area contributed by atoms with Crippen LogP contribution in [0.4, 0.5) is 0 Å². The summed E-state index contributed by atoms with van der Waals surface area (Å²) in [5, 5.41) is 28.6. The number of ether oxygens (including phenoxy) is 2. The van der Waals surface area contributed by atoms with Crippen molar-refractivity contribution in [1.29, 1.82) is 0 Å². The summed E-state index contributed by atoms with van der Waals surface area (Å²) in [4.78, 5) is 0. The molecule has 0 aromatic heterocycles. The van der Waals surface area contributed by atoms with Gasteiger partial charge in [-0.3, -0.25) is 0 Å². The lowest BCUT2D eigenvalue weighted by Crippen LogP contribution is -2.57. The predicted octanol–water partition coefficient (Wildman–Crippen LogP) is 0.0207. The first kappa shape index (κ1) is 13.9. The molecule has 1 heterocycles. The van der Waals surface area contributed by atoms with E-state index in [-0.39, 0.29) is 0 Å². The molecule has 5 atom stereocenters. The molecule has 5 nitrogen and oxygen atoms in total. The first-order chi connectivity index (χ1) is 7.57. The van der Waals surface area contributed by atoms with E-state index in [9.17, 15) is 15.3 Å². The van der Waals surface area contributed by atoms with Crippen LogP contribution < -0.4 is 0 Å². The van der Waals surface area contributed by atoms with E-state index in [4.69, 9.17) is 9.47 Å². The molecule has 1 aliphatic heterocycles.